The summed E-state index contributed by atoms with van der Waals surface area (Å²) in [5.74, 6) is -0.193. The zero-order chi connectivity index (χ0) is 23.2. The van der Waals surface area contributed by atoms with E-state index in [0.717, 1.165) is 0 Å². The molecule has 177 valence electrons. The number of nitrogens with one attached hydrogen (secondary N) is 1. The van der Waals surface area contributed by atoms with Crippen LogP contribution < -0.4 is 11.3 Å². The number of anilines is 1. The van der Waals surface area contributed by atoms with Crippen LogP contribution in [0.15, 0.2) is 11.1 Å². The molecule has 5 atom stereocenters. The van der Waals surface area contributed by atoms with E-state index in [1.807, 2.05) is 0 Å². The standard InChI is InChI=1S/C10H16N5O13P3.3Na/c11-10-13-8-7(9(17)14-10)12-3-15(8)6-1-4(16)5(26-6)2-25-30(21,22)28-31(23,24)27-29(18,19)20;;;/h3-6,16H,1-2H2,(H,21,22)(H,23,24)(H2,18,19,20)(H3,11,13,14,17);;;/t4-,5+,6+;;;/m0.../s1. The van der Waals surface area contributed by atoms with Crippen molar-refractivity contribution >= 4 is 129 Å². The van der Waals surface area contributed by atoms with Crippen LogP contribution in [0.3, 0.4) is 0 Å². The van der Waals surface area contributed by atoms with Gasteiger partial charge in [-0.15, -0.1) is 0 Å². The number of imidazole rings is 1. The summed E-state index contributed by atoms with van der Waals surface area (Å²) in [7, 11) is -16.6. The van der Waals surface area contributed by atoms with Gasteiger partial charge in [0.25, 0.3) is 5.56 Å². The molecule has 18 nitrogen and oxygen atoms in total. The fourth-order valence-corrected chi connectivity index (χ4v) is 5.69. The van der Waals surface area contributed by atoms with Crippen molar-refractivity contribution in [3.8, 4) is 0 Å². The molecule has 0 saturated carbocycles. The molecular weight excluding hydrogens is 560 g/mol. The molecule has 34 heavy (non-hydrogen) atoms. The number of rotatable bonds is 8. The zero-order valence-electron chi connectivity index (χ0n) is 18.0. The Bertz CT molecular complexity index is 1190. The van der Waals surface area contributed by atoms with E-state index in [4.69, 9.17) is 25.2 Å². The van der Waals surface area contributed by atoms with Gasteiger partial charge >= 0.3 is 23.5 Å². The quantitative estimate of drug-likeness (QED) is 0.127. The molecule has 0 spiro atoms. The fraction of sp³-hybridized carbons (Fsp3) is 0.500. The number of aliphatic hydroxyl groups is 1. The van der Waals surface area contributed by atoms with Gasteiger partial charge in [-0.3, -0.25) is 18.9 Å². The average Bonchev–Trinajstić information content (AvgIpc) is 3.13. The Kier molecular flexibility index (Phi) is 14.1. The molecule has 0 bridgehead atoms. The fourth-order valence-electron chi connectivity index (χ4n) is 2.66. The van der Waals surface area contributed by atoms with Gasteiger partial charge in [0.15, 0.2) is 11.2 Å². The summed E-state index contributed by atoms with van der Waals surface area (Å²) >= 11 is 0. The molecule has 1 fully saturated rings. The summed E-state index contributed by atoms with van der Waals surface area (Å²) in [5, 5.41) is 10.1. The first-order valence-corrected chi connectivity index (χ1v) is 12.5. The van der Waals surface area contributed by atoms with Gasteiger partial charge in [-0.05, 0) is 0 Å². The Morgan fingerprint density at radius 3 is 2.35 bits per heavy atom. The predicted molar refractivity (Wildman–Crippen MR) is 114 cm³/mol. The number of H-pyrrole nitrogens is 1. The smallest absolute Gasteiger partial charge is 0.390 e. The number of phosphoric ester groups is 1. The third-order valence-electron chi connectivity index (χ3n) is 3.78. The van der Waals surface area contributed by atoms with E-state index in [9.17, 15) is 28.5 Å². The first-order chi connectivity index (χ1) is 14.2. The van der Waals surface area contributed by atoms with Crippen LogP contribution in [0.2, 0.25) is 0 Å². The average molecular weight is 576 g/mol. The number of nitrogen functional groups attached to an aromatic ring is 1. The molecule has 0 aliphatic carbocycles. The number of fused-ring (bicyclic) bond motifs is 1. The van der Waals surface area contributed by atoms with Crippen molar-refractivity contribution in [3.63, 3.8) is 0 Å². The van der Waals surface area contributed by atoms with Crippen LogP contribution in [0.4, 0.5) is 5.95 Å². The Morgan fingerprint density at radius 2 is 1.76 bits per heavy atom. The molecule has 1 saturated heterocycles. The zero-order valence-corrected chi connectivity index (χ0v) is 26.7. The van der Waals surface area contributed by atoms with Crippen LogP contribution in [0.1, 0.15) is 12.6 Å². The molecule has 1 aliphatic heterocycles. The van der Waals surface area contributed by atoms with Gasteiger partial charge in [-0.2, -0.15) is 13.6 Å². The Morgan fingerprint density at radius 1 is 1.15 bits per heavy atom. The summed E-state index contributed by atoms with van der Waals surface area (Å²) in [6, 6.07) is 0. The minimum absolute atomic E-state index is 0. The molecule has 3 radical (unpaired) electrons. The summed E-state index contributed by atoms with van der Waals surface area (Å²) in [6.45, 7) is -0.843. The van der Waals surface area contributed by atoms with Crippen molar-refractivity contribution in [1.29, 1.82) is 0 Å². The summed E-state index contributed by atoms with van der Waals surface area (Å²) in [6.07, 6.45) is -2.36. The second kappa shape index (κ2) is 13.5. The van der Waals surface area contributed by atoms with Crippen molar-refractivity contribution in [1.82, 2.24) is 19.5 Å². The number of hydrogen-bond donors (Lipinski definition) is 7. The van der Waals surface area contributed by atoms with Crippen LogP contribution in [-0.4, -0.2) is 152 Å². The number of aromatic amines is 1. The first-order valence-electron chi connectivity index (χ1n) is 8.00. The van der Waals surface area contributed by atoms with E-state index in [-0.39, 0.29) is 112 Å². The molecule has 0 aromatic carbocycles. The molecule has 3 rings (SSSR count). The van der Waals surface area contributed by atoms with Gasteiger partial charge < -0.3 is 35.2 Å². The SMILES string of the molecule is Nc1nc2c(ncn2[C@H]2C[C@H](O)[C@@H](COP(=O)(O)OP(=O)(O)OP(=O)(O)O)O2)c(=O)[nH]1.[Na].[Na].[Na]. The Balaban J connectivity index is 0.00000363. The van der Waals surface area contributed by atoms with E-state index >= 15 is 0 Å². The third-order valence-corrected chi connectivity index (χ3v) is 7.59. The van der Waals surface area contributed by atoms with E-state index < -0.39 is 54.1 Å². The second-order valence-corrected chi connectivity index (χ2v) is 10.5. The molecule has 24 heteroatoms. The number of phosphoric acid groups is 3. The van der Waals surface area contributed by atoms with Gasteiger partial charge in [0.2, 0.25) is 5.95 Å². The van der Waals surface area contributed by atoms with Gasteiger partial charge in [0.1, 0.15) is 12.3 Å². The second-order valence-electron chi connectivity index (χ2n) is 6.09. The summed E-state index contributed by atoms with van der Waals surface area (Å²) in [4.78, 5) is 57.5. The van der Waals surface area contributed by atoms with Crippen LogP contribution in [-0.2, 0) is 31.6 Å². The molecule has 3 heterocycles. The number of ether oxygens (including phenoxy) is 1. The van der Waals surface area contributed by atoms with Crippen molar-refractivity contribution in [2.75, 3.05) is 12.3 Å². The number of nitrogens with zero attached hydrogens (tertiary/aromatic N) is 3. The number of nitrogens with two attached hydrogens (primary N) is 1. The van der Waals surface area contributed by atoms with Crippen molar-refractivity contribution in [2.45, 2.75) is 24.9 Å². The Hall–Kier alpha value is 1.48. The maximum absolute atomic E-state index is 11.8. The maximum Gasteiger partial charge on any atom is 0.490 e. The molecule has 2 aromatic rings. The molecule has 1 aliphatic rings. The maximum atomic E-state index is 11.8. The van der Waals surface area contributed by atoms with Crippen LogP contribution in [0.5, 0.6) is 0 Å². The monoisotopic (exact) mass is 576 g/mol. The van der Waals surface area contributed by atoms with Crippen LogP contribution in [0, 0.1) is 0 Å². The molecule has 8 N–H and O–H groups in total. The van der Waals surface area contributed by atoms with Crippen molar-refractivity contribution < 1.29 is 56.3 Å². The third kappa shape index (κ3) is 9.66. The van der Waals surface area contributed by atoms with E-state index in [1.165, 1.54) is 10.9 Å². The van der Waals surface area contributed by atoms with Crippen molar-refractivity contribution in [2.24, 2.45) is 0 Å². The summed E-state index contributed by atoms with van der Waals surface area (Å²) < 4.78 is 52.1. The van der Waals surface area contributed by atoms with Crippen LogP contribution >= 0.6 is 23.5 Å². The van der Waals surface area contributed by atoms with Gasteiger partial charge in [0, 0.05) is 95.1 Å². The summed E-state index contributed by atoms with van der Waals surface area (Å²) in [5.41, 5.74) is 4.89. The minimum Gasteiger partial charge on any atom is -0.390 e. The normalized spacial score (nSPS) is 23.7. The minimum atomic E-state index is -5.67. The molecule has 2 unspecified atom stereocenters. The van der Waals surface area contributed by atoms with Gasteiger partial charge in [-0.1, -0.05) is 0 Å². The van der Waals surface area contributed by atoms with E-state index in [1.54, 1.807) is 0 Å². The first kappa shape index (κ1) is 35.5. The van der Waals surface area contributed by atoms with E-state index in [0.29, 0.717) is 0 Å². The van der Waals surface area contributed by atoms with Crippen LogP contribution in [0.25, 0.3) is 11.2 Å². The van der Waals surface area contributed by atoms with Crippen molar-refractivity contribution in [3.05, 3.63) is 16.7 Å². The number of aliphatic hydroxyl groups excluding tert-OH is 1. The number of aromatic nitrogens is 4. The number of hydrogen-bond acceptors (Lipinski definition) is 12. The predicted octanol–water partition coefficient (Wildman–Crippen LogP) is -2.45. The molecule has 2 aromatic heterocycles. The van der Waals surface area contributed by atoms with Gasteiger partial charge in [0.05, 0.1) is 19.0 Å². The van der Waals surface area contributed by atoms with Gasteiger partial charge in [-0.25, -0.2) is 18.7 Å². The topological polar surface area (TPSA) is 279 Å². The molecule has 0 amide bonds. The molecular formula is C10H16N5Na3O13P3. The largest absolute Gasteiger partial charge is 0.490 e. The van der Waals surface area contributed by atoms with E-state index in [2.05, 4.69) is 28.1 Å². The Labute approximate surface area is 256 Å².